The number of pyridine rings is 1. The number of para-hydroxylation sites is 1. The smallest absolute Gasteiger partial charge is 0.155 e. The van der Waals surface area contributed by atoms with E-state index in [1.165, 1.54) is 0 Å². The summed E-state index contributed by atoms with van der Waals surface area (Å²) in [7, 11) is 0. The second-order valence-corrected chi connectivity index (χ2v) is 4.63. The van der Waals surface area contributed by atoms with Crippen LogP contribution in [0.4, 0.5) is 0 Å². The van der Waals surface area contributed by atoms with E-state index in [0.29, 0.717) is 5.75 Å². The Morgan fingerprint density at radius 3 is 2.60 bits per heavy atom. The van der Waals surface area contributed by atoms with Crippen LogP contribution >= 0.6 is 0 Å². The number of nitrogens with zero attached hydrogens (tertiary/aromatic N) is 1. The first-order valence-electron chi connectivity index (χ1n) is 6.78. The van der Waals surface area contributed by atoms with Crippen molar-refractivity contribution in [3.63, 3.8) is 0 Å². The molecule has 2 aromatic rings. The van der Waals surface area contributed by atoms with Gasteiger partial charge in [-0.3, -0.25) is 4.98 Å². The van der Waals surface area contributed by atoms with Crippen molar-refractivity contribution in [1.29, 1.82) is 0 Å². The summed E-state index contributed by atoms with van der Waals surface area (Å²) >= 11 is 0. The molecule has 0 spiro atoms. The zero-order chi connectivity index (χ0) is 14.4. The summed E-state index contributed by atoms with van der Waals surface area (Å²) in [4.78, 5) is 4.33. The molecule has 0 amide bonds. The van der Waals surface area contributed by atoms with Gasteiger partial charge in [0.15, 0.2) is 6.10 Å². The third kappa shape index (κ3) is 3.35. The minimum Gasteiger partial charge on any atom is -0.482 e. The lowest BCUT2D eigenvalue weighted by Crippen LogP contribution is -2.32. The number of hydrogen-bond donors (Lipinski definition) is 2. The standard InChI is InChI=1S/C16H20N2O2/c1-2-13(17)16(14-8-5-6-10-18-14)20-15-9-4-3-7-12(15)11-19/h3-10,13,16,19H,2,11,17H2,1H3. The molecule has 0 radical (unpaired) electrons. The Morgan fingerprint density at radius 1 is 1.20 bits per heavy atom. The maximum atomic E-state index is 9.37. The van der Waals surface area contributed by atoms with E-state index in [2.05, 4.69) is 4.98 Å². The predicted octanol–water partition coefficient (Wildman–Crippen LogP) is 2.43. The summed E-state index contributed by atoms with van der Waals surface area (Å²) in [6.07, 6.45) is 2.18. The molecule has 20 heavy (non-hydrogen) atoms. The maximum absolute atomic E-state index is 9.37. The Kier molecular flexibility index (Phi) is 5.09. The summed E-state index contributed by atoms with van der Waals surface area (Å²) in [5.41, 5.74) is 7.71. The molecule has 0 aliphatic rings. The van der Waals surface area contributed by atoms with Crippen molar-refractivity contribution in [3.8, 4) is 5.75 Å². The van der Waals surface area contributed by atoms with Crippen LogP contribution in [0.2, 0.25) is 0 Å². The van der Waals surface area contributed by atoms with Crippen LogP contribution in [-0.4, -0.2) is 16.1 Å². The summed E-state index contributed by atoms with van der Waals surface area (Å²) < 4.78 is 6.03. The third-order valence-electron chi connectivity index (χ3n) is 3.24. The highest BCUT2D eigenvalue weighted by atomic mass is 16.5. The molecule has 0 saturated carbocycles. The van der Waals surface area contributed by atoms with E-state index in [1.807, 2.05) is 49.4 Å². The number of nitrogens with two attached hydrogens (primary N) is 1. The van der Waals surface area contributed by atoms with E-state index < -0.39 is 0 Å². The lowest BCUT2D eigenvalue weighted by atomic mass is 10.1. The van der Waals surface area contributed by atoms with Crippen LogP contribution in [0.25, 0.3) is 0 Å². The molecule has 1 heterocycles. The van der Waals surface area contributed by atoms with Gasteiger partial charge in [0.25, 0.3) is 0 Å². The van der Waals surface area contributed by atoms with Gasteiger partial charge in [0, 0.05) is 17.8 Å². The molecule has 4 heteroatoms. The van der Waals surface area contributed by atoms with Crippen LogP contribution in [0.3, 0.4) is 0 Å². The largest absolute Gasteiger partial charge is 0.482 e. The topological polar surface area (TPSA) is 68.4 Å². The predicted molar refractivity (Wildman–Crippen MR) is 78.2 cm³/mol. The van der Waals surface area contributed by atoms with E-state index in [0.717, 1.165) is 17.7 Å². The average Bonchev–Trinajstić information content (AvgIpc) is 2.53. The molecule has 1 aromatic heterocycles. The fourth-order valence-corrected chi connectivity index (χ4v) is 2.01. The molecule has 106 valence electrons. The molecule has 3 N–H and O–H groups in total. The molecule has 0 bridgehead atoms. The third-order valence-corrected chi connectivity index (χ3v) is 3.24. The van der Waals surface area contributed by atoms with Gasteiger partial charge in [-0.2, -0.15) is 0 Å². The number of aliphatic hydroxyl groups excluding tert-OH is 1. The van der Waals surface area contributed by atoms with Gasteiger partial charge in [0.1, 0.15) is 5.75 Å². The first kappa shape index (κ1) is 14.5. The number of rotatable bonds is 6. The minimum absolute atomic E-state index is 0.0630. The number of ether oxygens (including phenoxy) is 1. The molecule has 4 nitrogen and oxygen atoms in total. The normalized spacial score (nSPS) is 13.8. The highest BCUT2D eigenvalue weighted by molar-refractivity contribution is 5.33. The van der Waals surface area contributed by atoms with E-state index in [9.17, 15) is 5.11 Å². The van der Waals surface area contributed by atoms with Gasteiger partial charge in [-0.15, -0.1) is 0 Å². The van der Waals surface area contributed by atoms with Gasteiger partial charge >= 0.3 is 0 Å². The van der Waals surface area contributed by atoms with Crippen molar-refractivity contribution in [1.82, 2.24) is 4.98 Å². The summed E-state index contributed by atoms with van der Waals surface area (Å²) in [5.74, 6) is 0.648. The van der Waals surface area contributed by atoms with Crippen molar-refractivity contribution in [3.05, 3.63) is 59.9 Å². The monoisotopic (exact) mass is 272 g/mol. The number of aromatic nitrogens is 1. The molecule has 2 rings (SSSR count). The first-order chi connectivity index (χ1) is 9.76. The highest BCUT2D eigenvalue weighted by Gasteiger charge is 2.22. The lowest BCUT2D eigenvalue weighted by molar-refractivity contribution is 0.160. The summed E-state index contributed by atoms with van der Waals surface area (Å²) in [6.45, 7) is 1.95. The fourth-order valence-electron chi connectivity index (χ4n) is 2.01. The summed E-state index contributed by atoms with van der Waals surface area (Å²) in [6, 6.07) is 12.9. The van der Waals surface area contributed by atoms with Crippen LogP contribution in [0.15, 0.2) is 48.7 Å². The van der Waals surface area contributed by atoms with Crippen LogP contribution in [0.5, 0.6) is 5.75 Å². The van der Waals surface area contributed by atoms with E-state index >= 15 is 0 Å². The zero-order valence-corrected chi connectivity index (χ0v) is 11.6. The van der Waals surface area contributed by atoms with Crippen LogP contribution in [0, 0.1) is 0 Å². The van der Waals surface area contributed by atoms with Gasteiger partial charge in [-0.25, -0.2) is 0 Å². The zero-order valence-electron chi connectivity index (χ0n) is 11.6. The number of benzene rings is 1. The Labute approximate surface area is 119 Å². The number of hydrogen-bond acceptors (Lipinski definition) is 4. The van der Waals surface area contributed by atoms with Gasteiger partial charge in [-0.1, -0.05) is 31.2 Å². The van der Waals surface area contributed by atoms with Crippen molar-refractivity contribution in [2.45, 2.75) is 32.1 Å². The molecule has 0 fully saturated rings. The van der Waals surface area contributed by atoms with E-state index in [1.54, 1.807) is 6.20 Å². The van der Waals surface area contributed by atoms with Gasteiger partial charge in [-0.05, 0) is 24.6 Å². The Hall–Kier alpha value is -1.91. The molecule has 0 aliphatic heterocycles. The number of aliphatic hydroxyl groups is 1. The quantitative estimate of drug-likeness (QED) is 0.847. The van der Waals surface area contributed by atoms with Crippen molar-refractivity contribution in [2.24, 2.45) is 5.73 Å². The molecule has 2 atom stereocenters. The molecule has 1 aromatic carbocycles. The van der Waals surface area contributed by atoms with Crippen LogP contribution < -0.4 is 10.5 Å². The van der Waals surface area contributed by atoms with E-state index in [4.69, 9.17) is 10.5 Å². The van der Waals surface area contributed by atoms with Crippen LogP contribution in [-0.2, 0) is 6.61 Å². The SMILES string of the molecule is CCC(N)C(Oc1ccccc1CO)c1ccccn1. The minimum atomic E-state index is -0.325. The molecular formula is C16H20N2O2. The Morgan fingerprint density at radius 2 is 1.95 bits per heavy atom. The Bertz CT molecular complexity index is 531. The van der Waals surface area contributed by atoms with Crippen molar-refractivity contribution in [2.75, 3.05) is 0 Å². The lowest BCUT2D eigenvalue weighted by Gasteiger charge is -2.24. The summed E-state index contributed by atoms with van der Waals surface area (Å²) in [5, 5.41) is 9.37. The molecule has 2 unspecified atom stereocenters. The second kappa shape index (κ2) is 7.03. The first-order valence-corrected chi connectivity index (χ1v) is 6.78. The van der Waals surface area contributed by atoms with Gasteiger partial charge in [0.05, 0.1) is 12.3 Å². The van der Waals surface area contributed by atoms with E-state index in [-0.39, 0.29) is 18.8 Å². The fraction of sp³-hybridized carbons (Fsp3) is 0.312. The second-order valence-electron chi connectivity index (χ2n) is 4.63. The molecule has 0 aliphatic carbocycles. The average molecular weight is 272 g/mol. The van der Waals surface area contributed by atoms with Crippen molar-refractivity contribution >= 4 is 0 Å². The van der Waals surface area contributed by atoms with Crippen LogP contribution in [0.1, 0.15) is 30.7 Å². The van der Waals surface area contributed by atoms with Gasteiger partial charge < -0.3 is 15.6 Å². The van der Waals surface area contributed by atoms with Gasteiger partial charge in [0.2, 0.25) is 0 Å². The molecular weight excluding hydrogens is 252 g/mol. The Balaban J connectivity index is 2.29. The maximum Gasteiger partial charge on any atom is 0.155 e. The molecule has 0 saturated heterocycles. The van der Waals surface area contributed by atoms with Crippen molar-refractivity contribution < 1.29 is 9.84 Å². The highest BCUT2D eigenvalue weighted by Crippen LogP contribution is 2.27.